The van der Waals surface area contributed by atoms with Gasteiger partial charge in [-0.2, -0.15) is 0 Å². The number of pyridine rings is 2. The van der Waals surface area contributed by atoms with E-state index in [1.54, 1.807) is 0 Å². The highest BCUT2D eigenvalue weighted by atomic mass is 14.7. The minimum atomic E-state index is 0.864. The zero-order valence-electron chi connectivity index (χ0n) is 15.7. The maximum Gasteiger partial charge on any atom is 0.0447 e. The number of rotatable bonds is 6. The van der Waals surface area contributed by atoms with Crippen LogP contribution in [0.15, 0.2) is 97.3 Å². The lowest BCUT2D eigenvalue weighted by Gasteiger charge is -2.03. The molecule has 0 unspecified atom stereocenters. The molecule has 0 aliphatic rings. The molecular weight excluding hydrogens is 340 g/mol. The van der Waals surface area contributed by atoms with E-state index in [0.29, 0.717) is 0 Å². The molecule has 2 heteroatoms. The Hall–Kier alpha value is -3.52. The van der Waals surface area contributed by atoms with Gasteiger partial charge < -0.3 is 0 Å². The summed E-state index contributed by atoms with van der Waals surface area (Å²) < 4.78 is 0. The minimum Gasteiger partial charge on any atom is -0.261 e. The van der Waals surface area contributed by atoms with Gasteiger partial charge in [-0.15, -0.1) is 0 Å². The van der Waals surface area contributed by atoms with Gasteiger partial charge >= 0.3 is 0 Å². The van der Waals surface area contributed by atoms with Crippen molar-refractivity contribution in [2.24, 2.45) is 0 Å². The van der Waals surface area contributed by atoms with E-state index in [1.165, 1.54) is 22.3 Å². The van der Waals surface area contributed by atoms with Gasteiger partial charge in [0.2, 0.25) is 0 Å². The molecule has 0 aliphatic carbocycles. The van der Waals surface area contributed by atoms with Crippen LogP contribution in [-0.2, 0) is 12.8 Å². The maximum atomic E-state index is 4.39. The van der Waals surface area contributed by atoms with Crippen LogP contribution in [0.25, 0.3) is 12.2 Å². The van der Waals surface area contributed by atoms with Gasteiger partial charge in [-0.25, -0.2) is 0 Å². The molecule has 2 aromatic carbocycles. The highest BCUT2D eigenvalue weighted by Crippen LogP contribution is 2.14. The molecule has 0 N–H and O–H groups in total. The van der Waals surface area contributed by atoms with Crippen LogP contribution < -0.4 is 0 Å². The molecule has 0 aliphatic heterocycles. The highest BCUT2D eigenvalue weighted by molar-refractivity contribution is 5.69. The van der Waals surface area contributed by atoms with Crippen molar-refractivity contribution in [2.75, 3.05) is 0 Å². The summed E-state index contributed by atoms with van der Waals surface area (Å²) in [5.74, 6) is 0. The predicted molar refractivity (Wildman–Crippen MR) is 116 cm³/mol. The summed E-state index contributed by atoms with van der Waals surface area (Å²) in [7, 11) is 0. The van der Waals surface area contributed by atoms with Crippen LogP contribution in [0.3, 0.4) is 0 Å². The van der Waals surface area contributed by atoms with Crippen LogP contribution in [0.4, 0.5) is 0 Å². The van der Waals surface area contributed by atoms with E-state index in [-0.39, 0.29) is 0 Å². The van der Waals surface area contributed by atoms with Gasteiger partial charge in [0.05, 0.1) is 0 Å². The molecule has 0 saturated carbocycles. The molecule has 2 heterocycles. The average molecular weight is 362 g/mol. The molecule has 2 nitrogen and oxygen atoms in total. The van der Waals surface area contributed by atoms with Crippen LogP contribution in [0.5, 0.6) is 0 Å². The standard InChI is InChI=1S/C26H22N2/c1-3-17-27-25(5-1)19-23-13-9-21(10-14-23)7-8-22-11-15-24(16-12-22)20-26-6-2-4-18-28-26/h1-18H,19-20H2. The van der Waals surface area contributed by atoms with E-state index in [9.17, 15) is 0 Å². The van der Waals surface area contributed by atoms with Crippen molar-refractivity contribution >= 4 is 12.2 Å². The summed E-state index contributed by atoms with van der Waals surface area (Å²) in [5.41, 5.74) is 7.13. The lowest BCUT2D eigenvalue weighted by molar-refractivity contribution is 1.07. The van der Waals surface area contributed by atoms with Crippen LogP contribution in [0.1, 0.15) is 33.6 Å². The van der Waals surface area contributed by atoms with Crippen LogP contribution >= 0.6 is 0 Å². The summed E-state index contributed by atoms with van der Waals surface area (Å²) >= 11 is 0. The monoisotopic (exact) mass is 362 g/mol. The second-order valence-electron chi connectivity index (χ2n) is 6.81. The Labute approximate surface area is 166 Å². The molecule has 0 saturated heterocycles. The predicted octanol–water partition coefficient (Wildman–Crippen LogP) is 5.83. The first-order chi connectivity index (χ1) is 13.8. The molecule has 0 radical (unpaired) electrons. The fourth-order valence-electron chi connectivity index (χ4n) is 3.11. The first-order valence-corrected chi connectivity index (χ1v) is 9.51. The summed E-state index contributed by atoms with van der Waals surface area (Å²) in [4.78, 5) is 8.78. The largest absolute Gasteiger partial charge is 0.261 e. The first-order valence-electron chi connectivity index (χ1n) is 9.51. The highest BCUT2D eigenvalue weighted by Gasteiger charge is 1.98. The van der Waals surface area contributed by atoms with Crippen molar-refractivity contribution in [2.45, 2.75) is 12.8 Å². The van der Waals surface area contributed by atoms with Crippen molar-refractivity contribution in [3.63, 3.8) is 0 Å². The number of hydrogen-bond donors (Lipinski definition) is 0. The second kappa shape index (κ2) is 8.92. The molecular formula is C26H22N2. The van der Waals surface area contributed by atoms with Gasteiger partial charge in [0.1, 0.15) is 0 Å². The minimum absolute atomic E-state index is 0.864. The van der Waals surface area contributed by atoms with Crippen LogP contribution in [-0.4, -0.2) is 9.97 Å². The van der Waals surface area contributed by atoms with Gasteiger partial charge in [-0.1, -0.05) is 72.8 Å². The zero-order chi connectivity index (χ0) is 19.0. The SMILES string of the molecule is C(=Cc1ccc(Cc2ccccn2)cc1)c1ccc(Cc2ccccn2)cc1. The number of hydrogen-bond acceptors (Lipinski definition) is 2. The Morgan fingerprint density at radius 3 is 1.29 bits per heavy atom. The average Bonchev–Trinajstić information content (AvgIpc) is 2.76. The first kappa shape index (κ1) is 17.9. The molecule has 0 spiro atoms. The third-order valence-corrected chi connectivity index (χ3v) is 4.65. The molecule has 2 aromatic heterocycles. The Morgan fingerprint density at radius 2 is 0.929 bits per heavy atom. The summed E-state index contributed by atoms with van der Waals surface area (Å²) in [5, 5.41) is 0. The van der Waals surface area contributed by atoms with Crippen molar-refractivity contribution in [3.8, 4) is 0 Å². The fourth-order valence-corrected chi connectivity index (χ4v) is 3.11. The Kier molecular flexibility index (Phi) is 5.69. The van der Waals surface area contributed by atoms with Crippen LogP contribution in [0, 0.1) is 0 Å². The van der Waals surface area contributed by atoms with Gasteiger partial charge in [-0.3, -0.25) is 9.97 Å². The summed E-state index contributed by atoms with van der Waals surface area (Å²) in [6, 6.07) is 29.4. The number of benzene rings is 2. The van der Waals surface area contributed by atoms with Crippen molar-refractivity contribution in [1.29, 1.82) is 0 Å². The quantitative estimate of drug-likeness (QED) is 0.403. The third kappa shape index (κ3) is 5.01. The van der Waals surface area contributed by atoms with Gasteiger partial charge in [-0.05, 0) is 46.5 Å². The number of nitrogens with zero attached hydrogens (tertiary/aromatic N) is 2. The third-order valence-electron chi connectivity index (χ3n) is 4.65. The lowest BCUT2D eigenvalue weighted by Crippen LogP contribution is -1.91. The molecule has 0 atom stereocenters. The van der Waals surface area contributed by atoms with Gasteiger partial charge in [0.25, 0.3) is 0 Å². The van der Waals surface area contributed by atoms with Gasteiger partial charge in [0.15, 0.2) is 0 Å². The van der Waals surface area contributed by atoms with Gasteiger partial charge in [0, 0.05) is 36.6 Å². The van der Waals surface area contributed by atoms with Crippen molar-refractivity contribution < 1.29 is 0 Å². The molecule has 4 aromatic rings. The van der Waals surface area contributed by atoms with E-state index in [4.69, 9.17) is 0 Å². The number of aromatic nitrogens is 2. The van der Waals surface area contributed by atoms with E-state index >= 15 is 0 Å². The normalized spacial score (nSPS) is 11.0. The molecule has 4 rings (SSSR count). The molecule has 0 bridgehead atoms. The maximum absolute atomic E-state index is 4.39. The van der Waals surface area contributed by atoms with Crippen molar-refractivity contribution in [1.82, 2.24) is 9.97 Å². The van der Waals surface area contributed by atoms with E-state index in [2.05, 4.69) is 82.8 Å². The molecule has 0 amide bonds. The Balaban J connectivity index is 1.37. The fraction of sp³-hybridized carbons (Fsp3) is 0.0769. The summed E-state index contributed by atoms with van der Waals surface area (Å²) in [6.07, 6.45) is 9.71. The Bertz CT molecular complexity index is 932. The van der Waals surface area contributed by atoms with Crippen LogP contribution in [0.2, 0.25) is 0 Å². The van der Waals surface area contributed by atoms with Crippen molar-refractivity contribution in [3.05, 3.63) is 131 Å². The van der Waals surface area contributed by atoms with E-state index < -0.39 is 0 Å². The topological polar surface area (TPSA) is 25.8 Å². The zero-order valence-corrected chi connectivity index (χ0v) is 15.7. The van der Waals surface area contributed by atoms with E-state index in [1.807, 2.05) is 36.7 Å². The molecule has 28 heavy (non-hydrogen) atoms. The van der Waals surface area contributed by atoms with E-state index in [0.717, 1.165) is 24.2 Å². The smallest absolute Gasteiger partial charge is 0.0447 e. The lowest BCUT2D eigenvalue weighted by atomic mass is 10.0. The Morgan fingerprint density at radius 1 is 0.500 bits per heavy atom. The molecule has 136 valence electrons. The summed E-state index contributed by atoms with van der Waals surface area (Å²) in [6.45, 7) is 0. The molecule has 0 fully saturated rings. The second-order valence-corrected chi connectivity index (χ2v) is 6.81.